The van der Waals surface area contributed by atoms with E-state index >= 15 is 0 Å². The minimum atomic E-state index is -0.488. The normalized spacial score (nSPS) is 15.4. The van der Waals surface area contributed by atoms with Gasteiger partial charge >= 0.3 is 6.09 Å². The van der Waals surface area contributed by atoms with E-state index < -0.39 is 11.7 Å². The van der Waals surface area contributed by atoms with Gasteiger partial charge in [0.25, 0.3) is 0 Å². The largest absolute Gasteiger partial charge is 0.444 e. The Labute approximate surface area is 166 Å². The number of aromatic nitrogens is 1. The molecule has 2 heterocycles. The highest BCUT2D eigenvalue weighted by molar-refractivity contribution is 6.29. The second-order valence-electron chi connectivity index (χ2n) is 7.70. The van der Waals surface area contributed by atoms with Crippen LogP contribution in [0.1, 0.15) is 44.9 Å². The summed E-state index contributed by atoms with van der Waals surface area (Å²) in [6, 6.07) is 3.85. The Morgan fingerprint density at radius 1 is 1.37 bits per heavy atom. The summed E-state index contributed by atoms with van der Waals surface area (Å²) in [5.74, 6) is 0. The fourth-order valence-corrected chi connectivity index (χ4v) is 2.91. The second kappa shape index (κ2) is 10.1. The number of amides is 1. The topological polar surface area (TPSA) is 63.7 Å². The average Bonchev–Trinajstić information content (AvgIpc) is 2.57. The van der Waals surface area contributed by atoms with E-state index in [-0.39, 0.29) is 0 Å². The summed E-state index contributed by atoms with van der Waals surface area (Å²) in [6.45, 7) is 8.91. The van der Waals surface area contributed by atoms with E-state index in [4.69, 9.17) is 21.1 Å². The summed E-state index contributed by atoms with van der Waals surface area (Å²) in [6.07, 6.45) is 3.52. The summed E-state index contributed by atoms with van der Waals surface area (Å²) in [4.78, 5) is 18.3. The minimum absolute atomic E-state index is 0.398. The molecule has 0 spiro atoms. The molecule has 0 atom stereocenters. The monoisotopic (exact) mass is 395 g/mol. The first-order valence-electron chi connectivity index (χ1n) is 9.32. The predicted molar refractivity (Wildman–Crippen MR) is 108 cm³/mol. The maximum absolute atomic E-state index is 11.6. The Kier molecular flexibility index (Phi) is 8.07. The molecule has 1 N–H and O–H groups in total. The van der Waals surface area contributed by atoms with Gasteiger partial charge in [-0.1, -0.05) is 17.7 Å². The van der Waals surface area contributed by atoms with Crippen molar-refractivity contribution in [2.45, 2.75) is 45.8 Å². The van der Waals surface area contributed by atoms with E-state index in [1.54, 1.807) is 0 Å². The van der Waals surface area contributed by atoms with Crippen LogP contribution in [0.15, 0.2) is 18.2 Å². The van der Waals surface area contributed by atoms with Crippen LogP contribution in [-0.2, 0) is 16.1 Å². The molecule has 0 saturated carbocycles. The third-order valence-electron chi connectivity index (χ3n) is 4.07. The second-order valence-corrected chi connectivity index (χ2v) is 8.09. The third kappa shape index (κ3) is 7.87. The van der Waals surface area contributed by atoms with Gasteiger partial charge in [0.1, 0.15) is 10.8 Å². The smallest absolute Gasteiger partial charge is 0.407 e. The highest BCUT2D eigenvalue weighted by atomic mass is 35.5. The van der Waals surface area contributed by atoms with Crippen LogP contribution in [0.2, 0.25) is 5.15 Å². The molecule has 6 nitrogen and oxygen atoms in total. The van der Waals surface area contributed by atoms with Gasteiger partial charge in [0.15, 0.2) is 0 Å². The predicted octanol–water partition coefficient (Wildman–Crippen LogP) is 3.89. The van der Waals surface area contributed by atoms with E-state index in [0.29, 0.717) is 31.3 Å². The lowest BCUT2D eigenvalue weighted by atomic mass is 9.98. The van der Waals surface area contributed by atoms with E-state index in [2.05, 4.69) is 28.3 Å². The minimum Gasteiger partial charge on any atom is -0.444 e. The van der Waals surface area contributed by atoms with E-state index in [0.717, 1.165) is 30.8 Å². The zero-order valence-corrected chi connectivity index (χ0v) is 17.4. The Hall–Kier alpha value is -1.63. The number of pyridine rings is 1. The number of rotatable bonds is 7. The van der Waals surface area contributed by atoms with Gasteiger partial charge in [-0.05, 0) is 58.4 Å². The molecular formula is C20H30ClN3O3. The van der Waals surface area contributed by atoms with Crippen LogP contribution >= 0.6 is 11.6 Å². The van der Waals surface area contributed by atoms with Crippen LogP contribution in [-0.4, -0.2) is 54.9 Å². The van der Waals surface area contributed by atoms with Crippen LogP contribution in [0, 0.1) is 0 Å². The van der Waals surface area contributed by atoms with Gasteiger partial charge < -0.3 is 19.7 Å². The van der Waals surface area contributed by atoms with E-state index in [1.165, 1.54) is 5.57 Å². The lowest BCUT2D eigenvalue weighted by Gasteiger charge is -2.23. The molecule has 1 aromatic heterocycles. The number of hydrogen-bond acceptors (Lipinski definition) is 5. The number of halogens is 1. The lowest BCUT2D eigenvalue weighted by Crippen LogP contribution is -2.33. The third-order valence-corrected chi connectivity index (χ3v) is 4.28. The molecule has 0 fully saturated rings. The first kappa shape index (κ1) is 21.7. The number of nitrogens with one attached hydrogen (secondary N) is 1. The standard InChI is InChI=1S/C20H30ClN3O3/c1-20(2,3)27-19(25)22-10-5-13-26-14-17-16(6-7-18(21)23-17)15-8-11-24(4)12-9-15/h6-8H,5,9-14H2,1-4H3,(H,22,25). The van der Waals surface area contributed by atoms with E-state index in [1.807, 2.05) is 32.9 Å². The number of ether oxygens (including phenoxy) is 2. The first-order chi connectivity index (χ1) is 12.7. The fourth-order valence-electron chi connectivity index (χ4n) is 2.74. The average molecular weight is 396 g/mol. The van der Waals surface area contributed by atoms with Crippen molar-refractivity contribution >= 4 is 23.3 Å². The number of likely N-dealkylation sites (N-methyl/N-ethyl adjacent to an activating group) is 1. The number of alkyl carbamates (subject to hydrolysis) is 1. The highest BCUT2D eigenvalue weighted by Gasteiger charge is 2.16. The molecule has 1 amide bonds. The van der Waals surface area contributed by atoms with Crippen molar-refractivity contribution in [2.24, 2.45) is 0 Å². The number of carbonyl (C=O) groups is 1. The molecule has 150 valence electrons. The summed E-state index contributed by atoms with van der Waals surface area (Å²) < 4.78 is 11.0. The zero-order chi connectivity index (χ0) is 19.9. The van der Waals surface area contributed by atoms with E-state index in [9.17, 15) is 4.79 Å². The molecule has 0 aliphatic carbocycles. The molecule has 1 aromatic rings. The van der Waals surface area contributed by atoms with Gasteiger partial charge in [-0.25, -0.2) is 9.78 Å². The Balaban J connectivity index is 1.79. The zero-order valence-electron chi connectivity index (χ0n) is 16.7. The molecule has 0 saturated heterocycles. The highest BCUT2D eigenvalue weighted by Crippen LogP contribution is 2.26. The SMILES string of the molecule is CN1CC=C(c2ccc(Cl)nc2COCCCNC(=O)OC(C)(C)C)CC1. The summed E-state index contributed by atoms with van der Waals surface area (Å²) >= 11 is 6.07. The molecule has 0 bridgehead atoms. The Morgan fingerprint density at radius 3 is 2.81 bits per heavy atom. The van der Waals surface area contributed by atoms with Crippen molar-refractivity contribution in [1.29, 1.82) is 0 Å². The number of carbonyl (C=O) groups excluding carboxylic acids is 1. The van der Waals surface area contributed by atoms with Crippen LogP contribution in [0.4, 0.5) is 4.79 Å². The fraction of sp³-hybridized carbons (Fsp3) is 0.600. The quantitative estimate of drug-likeness (QED) is 0.560. The van der Waals surface area contributed by atoms with Gasteiger partial charge in [-0.3, -0.25) is 0 Å². The Bertz CT molecular complexity index is 671. The maximum Gasteiger partial charge on any atom is 0.407 e. The Morgan fingerprint density at radius 2 is 2.15 bits per heavy atom. The van der Waals surface area contributed by atoms with Gasteiger partial charge in [-0.15, -0.1) is 0 Å². The maximum atomic E-state index is 11.6. The number of hydrogen-bond donors (Lipinski definition) is 1. The lowest BCUT2D eigenvalue weighted by molar-refractivity contribution is 0.0517. The molecule has 7 heteroatoms. The molecule has 27 heavy (non-hydrogen) atoms. The van der Waals surface area contributed by atoms with Crippen molar-refractivity contribution in [1.82, 2.24) is 15.2 Å². The van der Waals surface area contributed by atoms with Gasteiger partial charge in [0, 0.05) is 31.8 Å². The van der Waals surface area contributed by atoms with Crippen molar-refractivity contribution in [3.8, 4) is 0 Å². The van der Waals surface area contributed by atoms with Crippen LogP contribution in [0.3, 0.4) is 0 Å². The summed E-state index contributed by atoms with van der Waals surface area (Å²) in [7, 11) is 2.11. The van der Waals surface area contributed by atoms with Crippen LogP contribution in [0.25, 0.3) is 5.57 Å². The number of nitrogens with zero attached hydrogens (tertiary/aromatic N) is 2. The molecule has 2 rings (SSSR count). The molecule has 0 unspecified atom stereocenters. The van der Waals surface area contributed by atoms with Gasteiger partial charge in [0.05, 0.1) is 12.3 Å². The van der Waals surface area contributed by atoms with Crippen LogP contribution < -0.4 is 5.32 Å². The molecule has 0 aromatic carbocycles. The van der Waals surface area contributed by atoms with Crippen molar-refractivity contribution in [2.75, 3.05) is 33.3 Å². The van der Waals surface area contributed by atoms with Gasteiger partial charge in [0.2, 0.25) is 0 Å². The molecular weight excluding hydrogens is 366 g/mol. The summed E-state index contributed by atoms with van der Waals surface area (Å²) in [5.41, 5.74) is 2.78. The molecule has 1 aliphatic rings. The van der Waals surface area contributed by atoms with Crippen molar-refractivity contribution in [3.63, 3.8) is 0 Å². The molecule has 0 radical (unpaired) electrons. The molecule has 1 aliphatic heterocycles. The van der Waals surface area contributed by atoms with Gasteiger partial charge in [-0.2, -0.15) is 0 Å². The van der Waals surface area contributed by atoms with Crippen LogP contribution in [0.5, 0.6) is 0 Å². The first-order valence-corrected chi connectivity index (χ1v) is 9.70. The summed E-state index contributed by atoms with van der Waals surface area (Å²) in [5, 5.41) is 3.19. The van der Waals surface area contributed by atoms with Crippen molar-refractivity contribution in [3.05, 3.63) is 34.6 Å². The van der Waals surface area contributed by atoms with Crippen molar-refractivity contribution < 1.29 is 14.3 Å².